The maximum atomic E-state index is 11.2. The summed E-state index contributed by atoms with van der Waals surface area (Å²) in [6.45, 7) is 4.00. The third-order valence-corrected chi connectivity index (χ3v) is 3.26. The van der Waals surface area contributed by atoms with E-state index in [0.717, 1.165) is 16.6 Å². The molecule has 0 aliphatic carbocycles. The quantitative estimate of drug-likeness (QED) is 0.773. The molecule has 0 atom stereocenters. The zero-order valence-corrected chi connectivity index (χ0v) is 10.4. The highest BCUT2D eigenvalue weighted by molar-refractivity contribution is 5.75. The molecule has 0 aliphatic rings. The molecule has 0 radical (unpaired) electrons. The van der Waals surface area contributed by atoms with Crippen LogP contribution in [-0.4, -0.2) is 21.0 Å². The van der Waals surface area contributed by atoms with E-state index in [2.05, 4.69) is 9.97 Å². The molecule has 2 rings (SSSR count). The SMILES string of the molecule is CC(C)(CCC(=O)O)c1ccc2[nH]c(=O)[nH]c2c1. The van der Waals surface area contributed by atoms with Crippen molar-refractivity contribution in [3.05, 3.63) is 34.2 Å². The number of aromatic amines is 2. The first-order chi connectivity index (χ1) is 8.38. The minimum Gasteiger partial charge on any atom is -0.481 e. The van der Waals surface area contributed by atoms with Crippen molar-refractivity contribution in [2.75, 3.05) is 0 Å². The Morgan fingerprint density at radius 2 is 1.94 bits per heavy atom. The summed E-state index contributed by atoms with van der Waals surface area (Å²) >= 11 is 0. The summed E-state index contributed by atoms with van der Waals surface area (Å²) in [5.41, 5.74) is 2.07. The molecule has 5 nitrogen and oxygen atoms in total. The van der Waals surface area contributed by atoms with E-state index in [1.54, 1.807) is 0 Å². The molecule has 0 aliphatic heterocycles. The Morgan fingerprint density at radius 3 is 2.61 bits per heavy atom. The lowest BCUT2D eigenvalue weighted by Gasteiger charge is -2.24. The van der Waals surface area contributed by atoms with Crippen LogP contribution in [0.25, 0.3) is 11.0 Å². The van der Waals surface area contributed by atoms with Crippen LogP contribution in [0.2, 0.25) is 0 Å². The predicted octanol–water partition coefficient (Wildman–Crippen LogP) is 2.00. The lowest BCUT2D eigenvalue weighted by molar-refractivity contribution is -0.137. The van der Waals surface area contributed by atoms with Gasteiger partial charge in [0, 0.05) is 6.42 Å². The van der Waals surface area contributed by atoms with E-state index in [1.807, 2.05) is 32.0 Å². The molecular formula is C13H16N2O3. The van der Waals surface area contributed by atoms with Crippen molar-refractivity contribution in [3.8, 4) is 0 Å². The number of imidazole rings is 1. The fourth-order valence-corrected chi connectivity index (χ4v) is 2.02. The molecule has 0 spiro atoms. The van der Waals surface area contributed by atoms with Crippen molar-refractivity contribution in [1.29, 1.82) is 0 Å². The van der Waals surface area contributed by atoms with Gasteiger partial charge in [-0.05, 0) is 29.5 Å². The van der Waals surface area contributed by atoms with E-state index in [-0.39, 0.29) is 17.5 Å². The van der Waals surface area contributed by atoms with Crippen LogP contribution >= 0.6 is 0 Å². The van der Waals surface area contributed by atoms with Crippen molar-refractivity contribution in [2.45, 2.75) is 32.1 Å². The number of aliphatic carboxylic acids is 1. The van der Waals surface area contributed by atoms with Gasteiger partial charge < -0.3 is 15.1 Å². The van der Waals surface area contributed by atoms with Gasteiger partial charge >= 0.3 is 11.7 Å². The standard InChI is InChI=1S/C13H16N2O3/c1-13(2,6-5-11(16)17)8-3-4-9-10(7-8)15-12(18)14-9/h3-4,7H,5-6H2,1-2H3,(H,16,17)(H2,14,15,18). The van der Waals surface area contributed by atoms with Crippen LogP contribution in [0.15, 0.2) is 23.0 Å². The third kappa shape index (κ3) is 2.45. The summed E-state index contributed by atoms with van der Waals surface area (Å²) in [4.78, 5) is 27.2. The summed E-state index contributed by atoms with van der Waals surface area (Å²) in [6, 6.07) is 5.66. The molecule has 0 saturated heterocycles. The molecule has 3 N–H and O–H groups in total. The molecule has 2 aromatic rings. The van der Waals surface area contributed by atoms with E-state index in [9.17, 15) is 9.59 Å². The predicted molar refractivity (Wildman–Crippen MR) is 68.8 cm³/mol. The molecule has 0 saturated carbocycles. The zero-order chi connectivity index (χ0) is 13.3. The number of aromatic nitrogens is 2. The number of nitrogens with one attached hydrogen (secondary N) is 2. The van der Waals surface area contributed by atoms with Gasteiger partial charge in [0.05, 0.1) is 11.0 Å². The van der Waals surface area contributed by atoms with Crippen molar-refractivity contribution in [3.63, 3.8) is 0 Å². The number of carboxylic acids is 1. The highest BCUT2D eigenvalue weighted by atomic mass is 16.4. The lowest BCUT2D eigenvalue weighted by Crippen LogP contribution is -2.18. The maximum absolute atomic E-state index is 11.2. The highest BCUT2D eigenvalue weighted by Crippen LogP contribution is 2.29. The molecule has 1 aromatic heterocycles. The summed E-state index contributed by atoms with van der Waals surface area (Å²) in [5.74, 6) is -0.792. The summed E-state index contributed by atoms with van der Waals surface area (Å²) in [7, 11) is 0. The molecule has 18 heavy (non-hydrogen) atoms. The Morgan fingerprint density at radius 1 is 1.28 bits per heavy atom. The number of carboxylic acid groups (broad SMARTS) is 1. The maximum Gasteiger partial charge on any atom is 0.323 e. The van der Waals surface area contributed by atoms with Crippen LogP contribution in [0.3, 0.4) is 0 Å². The number of carbonyl (C=O) groups is 1. The van der Waals surface area contributed by atoms with Crippen molar-refractivity contribution in [2.24, 2.45) is 0 Å². The van der Waals surface area contributed by atoms with Gasteiger partial charge in [0.1, 0.15) is 0 Å². The molecule has 0 fully saturated rings. The van der Waals surface area contributed by atoms with E-state index in [1.165, 1.54) is 0 Å². The molecule has 96 valence electrons. The van der Waals surface area contributed by atoms with Crippen LogP contribution in [0, 0.1) is 0 Å². The Hall–Kier alpha value is -2.04. The first kappa shape index (κ1) is 12.4. The Labute approximate surface area is 104 Å². The van der Waals surface area contributed by atoms with Crippen LogP contribution in [0.1, 0.15) is 32.3 Å². The molecule has 1 aromatic carbocycles. The fourth-order valence-electron chi connectivity index (χ4n) is 2.02. The molecule has 5 heteroatoms. The molecule has 1 heterocycles. The number of H-pyrrole nitrogens is 2. The highest BCUT2D eigenvalue weighted by Gasteiger charge is 2.22. The second-order valence-corrected chi connectivity index (χ2v) is 5.12. The topological polar surface area (TPSA) is 85.9 Å². The van der Waals surface area contributed by atoms with Crippen LogP contribution < -0.4 is 5.69 Å². The summed E-state index contributed by atoms with van der Waals surface area (Å²) < 4.78 is 0. The minimum absolute atomic E-state index is 0.134. The van der Waals surface area contributed by atoms with Gasteiger partial charge in [0.15, 0.2) is 0 Å². The molecule has 0 unspecified atom stereocenters. The lowest BCUT2D eigenvalue weighted by atomic mass is 9.80. The van der Waals surface area contributed by atoms with Crippen molar-refractivity contribution >= 4 is 17.0 Å². The van der Waals surface area contributed by atoms with Gasteiger partial charge in [0.2, 0.25) is 0 Å². The van der Waals surface area contributed by atoms with Crippen molar-refractivity contribution in [1.82, 2.24) is 9.97 Å². The Bertz CT molecular complexity index is 637. The van der Waals surface area contributed by atoms with Gasteiger partial charge in [-0.1, -0.05) is 19.9 Å². The van der Waals surface area contributed by atoms with Gasteiger partial charge in [-0.15, -0.1) is 0 Å². The smallest absolute Gasteiger partial charge is 0.323 e. The van der Waals surface area contributed by atoms with Gasteiger partial charge in [0.25, 0.3) is 0 Å². The summed E-state index contributed by atoms with van der Waals surface area (Å²) in [6.07, 6.45) is 0.692. The third-order valence-electron chi connectivity index (χ3n) is 3.26. The zero-order valence-electron chi connectivity index (χ0n) is 10.4. The van der Waals surface area contributed by atoms with Crippen LogP contribution in [0.4, 0.5) is 0 Å². The molecule has 0 bridgehead atoms. The number of hydrogen-bond acceptors (Lipinski definition) is 2. The number of fused-ring (bicyclic) bond motifs is 1. The second-order valence-electron chi connectivity index (χ2n) is 5.12. The largest absolute Gasteiger partial charge is 0.481 e. The van der Waals surface area contributed by atoms with Crippen LogP contribution in [-0.2, 0) is 10.2 Å². The summed E-state index contributed by atoms with van der Waals surface area (Å²) in [5, 5.41) is 8.75. The Balaban J connectivity index is 2.34. The normalized spacial score (nSPS) is 11.9. The van der Waals surface area contributed by atoms with E-state index >= 15 is 0 Å². The Kier molecular flexibility index (Phi) is 2.98. The van der Waals surface area contributed by atoms with E-state index < -0.39 is 5.97 Å². The van der Waals surface area contributed by atoms with Crippen molar-refractivity contribution < 1.29 is 9.90 Å². The average Bonchev–Trinajstić information content (AvgIpc) is 2.65. The van der Waals surface area contributed by atoms with E-state index in [0.29, 0.717) is 6.42 Å². The number of rotatable bonds is 4. The average molecular weight is 248 g/mol. The van der Waals surface area contributed by atoms with Gasteiger partial charge in [-0.25, -0.2) is 4.79 Å². The number of hydrogen-bond donors (Lipinski definition) is 3. The monoisotopic (exact) mass is 248 g/mol. The van der Waals surface area contributed by atoms with Gasteiger partial charge in [-0.3, -0.25) is 4.79 Å². The first-order valence-electron chi connectivity index (χ1n) is 5.83. The van der Waals surface area contributed by atoms with E-state index in [4.69, 9.17) is 5.11 Å². The minimum atomic E-state index is -0.792. The first-order valence-corrected chi connectivity index (χ1v) is 5.83. The number of benzene rings is 1. The van der Waals surface area contributed by atoms with Crippen LogP contribution in [0.5, 0.6) is 0 Å². The second kappa shape index (κ2) is 4.33. The van der Waals surface area contributed by atoms with Gasteiger partial charge in [-0.2, -0.15) is 0 Å². The fraction of sp³-hybridized carbons (Fsp3) is 0.385. The molecule has 0 amide bonds. The molecular weight excluding hydrogens is 232 g/mol.